The smallest absolute Gasteiger partial charge is 0.265 e. The molecule has 0 aliphatic carbocycles. The number of nitrogens with zero attached hydrogens (tertiary/aromatic N) is 1. The van der Waals surface area contributed by atoms with E-state index in [1.54, 1.807) is 43.3 Å². The van der Waals surface area contributed by atoms with Gasteiger partial charge in [0.1, 0.15) is 10.9 Å². The quantitative estimate of drug-likeness (QED) is 0.874. The van der Waals surface area contributed by atoms with Crippen LogP contribution >= 0.6 is 23.2 Å². The van der Waals surface area contributed by atoms with Gasteiger partial charge in [-0.1, -0.05) is 35.3 Å². The van der Waals surface area contributed by atoms with Crippen LogP contribution in [0.3, 0.4) is 0 Å². The zero-order valence-corrected chi connectivity index (χ0v) is 12.2. The van der Waals surface area contributed by atoms with Gasteiger partial charge in [-0.25, -0.2) is 4.98 Å². The summed E-state index contributed by atoms with van der Waals surface area (Å²) < 4.78 is 5.51. The van der Waals surface area contributed by atoms with E-state index in [2.05, 4.69) is 10.3 Å². The molecule has 2 rings (SSSR count). The lowest BCUT2D eigenvalue weighted by atomic mass is 10.3. The van der Waals surface area contributed by atoms with Gasteiger partial charge in [-0.05, 0) is 31.2 Å². The maximum Gasteiger partial charge on any atom is 0.265 e. The summed E-state index contributed by atoms with van der Waals surface area (Å²) in [5.74, 6) is 0.167. The van der Waals surface area contributed by atoms with Crippen molar-refractivity contribution in [1.29, 1.82) is 0 Å². The SMILES string of the molecule is CC(Oc1ccccc1Cl)C(=O)Nc1ccc(Cl)nc1. The summed E-state index contributed by atoms with van der Waals surface area (Å²) in [6, 6.07) is 10.2. The third kappa shape index (κ3) is 3.85. The van der Waals surface area contributed by atoms with Crippen molar-refractivity contribution in [3.05, 3.63) is 52.8 Å². The second-order valence-electron chi connectivity index (χ2n) is 4.05. The lowest BCUT2D eigenvalue weighted by molar-refractivity contribution is -0.122. The molecule has 1 amide bonds. The number of carbonyl (C=O) groups excluding carboxylic acids is 1. The Morgan fingerprint density at radius 1 is 1.25 bits per heavy atom. The molecule has 1 heterocycles. The van der Waals surface area contributed by atoms with E-state index < -0.39 is 6.10 Å². The van der Waals surface area contributed by atoms with E-state index in [0.717, 1.165) is 0 Å². The van der Waals surface area contributed by atoms with E-state index in [-0.39, 0.29) is 5.91 Å². The average Bonchev–Trinajstić information content (AvgIpc) is 2.44. The lowest BCUT2D eigenvalue weighted by Crippen LogP contribution is -2.30. The number of aromatic nitrogens is 1. The van der Waals surface area contributed by atoms with E-state index in [0.29, 0.717) is 21.6 Å². The van der Waals surface area contributed by atoms with Gasteiger partial charge in [0.25, 0.3) is 5.91 Å². The van der Waals surface area contributed by atoms with Crippen molar-refractivity contribution in [2.24, 2.45) is 0 Å². The fourth-order valence-electron chi connectivity index (χ4n) is 1.48. The highest BCUT2D eigenvalue weighted by Gasteiger charge is 2.16. The van der Waals surface area contributed by atoms with Crippen LogP contribution < -0.4 is 10.1 Å². The molecule has 6 heteroatoms. The standard InChI is InChI=1S/C14H12Cl2N2O2/c1-9(20-12-5-3-2-4-11(12)15)14(19)18-10-6-7-13(16)17-8-10/h2-9H,1H3,(H,18,19). The predicted octanol–water partition coefficient (Wildman–Crippen LogP) is 3.79. The first-order valence-corrected chi connectivity index (χ1v) is 6.65. The summed E-state index contributed by atoms with van der Waals surface area (Å²) in [5.41, 5.74) is 0.550. The number of halogens is 2. The second kappa shape index (κ2) is 6.59. The predicted molar refractivity (Wildman–Crippen MR) is 79.4 cm³/mol. The van der Waals surface area contributed by atoms with E-state index in [9.17, 15) is 4.79 Å². The van der Waals surface area contributed by atoms with Crippen LogP contribution in [-0.2, 0) is 4.79 Å². The molecule has 4 nitrogen and oxygen atoms in total. The summed E-state index contributed by atoms with van der Waals surface area (Å²) in [6.07, 6.45) is 0.785. The number of hydrogen-bond acceptors (Lipinski definition) is 3. The molecule has 0 fully saturated rings. The number of rotatable bonds is 4. The third-order valence-electron chi connectivity index (χ3n) is 2.50. The van der Waals surface area contributed by atoms with E-state index >= 15 is 0 Å². The normalized spacial score (nSPS) is 11.8. The first-order valence-electron chi connectivity index (χ1n) is 5.90. The fourth-order valence-corrected chi connectivity index (χ4v) is 1.77. The highest BCUT2D eigenvalue weighted by molar-refractivity contribution is 6.32. The van der Waals surface area contributed by atoms with Gasteiger partial charge in [0.15, 0.2) is 6.10 Å². The maximum absolute atomic E-state index is 12.0. The van der Waals surface area contributed by atoms with Crippen molar-refractivity contribution in [2.75, 3.05) is 5.32 Å². The molecule has 1 atom stereocenters. The molecule has 0 aliphatic rings. The Balaban J connectivity index is 1.99. The van der Waals surface area contributed by atoms with Crippen LogP contribution in [0.4, 0.5) is 5.69 Å². The zero-order chi connectivity index (χ0) is 14.5. The number of amides is 1. The van der Waals surface area contributed by atoms with E-state index in [4.69, 9.17) is 27.9 Å². The highest BCUT2D eigenvalue weighted by Crippen LogP contribution is 2.24. The van der Waals surface area contributed by atoms with Gasteiger partial charge in [-0.2, -0.15) is 0 Å². The van der Waals surface area contributed by atoms with Gasteiger partial charge in [-0.3, -0.25) is 4.79 Å². The Bertz CT molecular complexity index is 602. The molecule has 1 aromatic heterocycles. The number of benzene rings is 1. The summed E-state index contributed by atoms with van der Waals surface area (Å²) >= 11 is 11.6. The van der Waals surface area contributed by atoms with Crippen LogP contribution in [-0.4, -0.2) is 17.0 Å². The Morgan fingerprint density at radius 3 is 2.65 bits per heavy atom. The minimum atomic E-state index is -0.689. The van der Waals surface area contributed by atoms with Gasteiger partial charge >= 0.3 is 0 Å². The molecular formula is C14H12Cl2N2O2. The number of nitrogens with one attached hydrogen (secondary N) is 1. The third-order valence-corrected chi connectivity index (χ3v) is 3.04. The molecule has 0 saturated carbocycles. The number of ether oxygens (including phenoxy) is 1. The molecule has 2 aromatic rings. The summed E-state index contributed by atoms with van der Waals surface area (Å²) in [4.78, 5) is 15.9. The summed E-state index contributed by atoms with van der Waals surface area (Å²) in [5, 5.41) is 3.50. The first kappa shape index (κ1) is 14.6. The van der Waals surface area contributed by atoms with Crippen LogP contribution in [0.25, 0.3) is 0 Å². The summed E-state index contributed by atoms with van der Waals surface area (Å²) in [6.45, 7) is 1.64. The van der Waals surface area contributed by atoms with E-state index in [1.807, 2.05) is 0 Å². The fraction of sp³-hybridized carbons (Fsp3) is 0.143. The van der Waals surface area contributed by atoms with Gasteiger partial charge in [0.05, 0.1) is 16.9 Å². The largest absolute Gasteiger partial charge is 0.479 e. The zero-order valence-electron chi connectivity index (χ0n) is 10.6. The van der Waals surface area contributed by atoms with Gasteiger partial charge in [0, 0.05) is 0 Å². The molecule has 1 N–H and O–H groups in total. The molecule has 0 saturated heterocycles. The minimum absolute atomic E-state index is 0.297. The van der Waals surface area contributed by atoms with Crippen LogP contribution in [0.2, 0.25) is 10.2 Å². The van der Waals surface area contributed by atoms with Crippen molar-refractivity contribution in [2.45, 2.75) is 13.0 Å². The molecule has 0 radical (unpaired) electrons. The molecule has 20 heavy (non-hydrogen) atoms. The van der Waals surface area contributed by atoms with Crippen LogP contribution in [0, 0.1) is 0 Å². The summed E-state index contributed by atoms with van der Waals surface area (Å²) in [7, 11) is 0. The number of carbonyl (C=O) groups is 1. The maximum atomic E-state index is 12.0. The molecular weight excluding hydrogens is 299 g/mol. The average molecular weight is 311 g/mol. The molecule has 0 bridgehead atoms. The van der Waals surface area contributed by atoms with Gasteiger partial charge in [0.2, 0.25) is 0 Å². The Labute approximate surface area is 126 Å². The van der Waals surface area contributed by atoms with Crippen LogP contribution in [0.15, 0.2) is 42.6 Å². The molecule has 0 aliphatic heterocycles. The topological polar surface area (TPSA) is 51.2 Å². The number of pyridine rings is 1. The van der Waals surface area contributed by atoms with Crippen LogP contribution in [0.5, 0.6) is 5.75 Å². The highest BCUT2D eigenvalue weighted by atomic mass is 35.5. The van der Waals surface area contributed by atoms with Crippen molar-refractivity contribution in [3.8, 4) is 5.75 Å². The minimum Gasteiger partial charge on any atom is -0.479 e. The van der Waals surface area contributed by atoms with Gasteiger partial charge in [-0.15, -0.1) is 0 Å². The van der Waals surface area contributed by atoms with Crippen LogP contribution in [0.1, 0.15) is 6.92 Å². The van der Waals surface area contributed by atoms with Crippen molar-refractivity contribution in [3.63, 3.8) is 0 Å². The number of anilines is 1. The lowest BCUT2D eigenvalue weighted by Gasteiger charge is -2.15. The van der Waals surface area contributed by atoms with Crippen molar-refractivity contribution in [1.82, 2.24) is 4.98 Å². The molecule has 1 unspecified atom stereocenters. The van der Waals surface area contributed by atoms with E-state index in [1.165, 1.54) is 6.20 Å². The number of para-hydroxylation sites is 1. The Hall–Kier alpha value is -1.78. The molecule has 0 spiro atoms. The molecule has 1 aromatic carbocycles. The Kier molecular flexibility index (Phi) is 4.82. The van der Waals surface area contributed by atoms with Crippen molar-refractivity contribution < 1.29 is 9.53 Å². The second-order valence-corrected chi connectivity index (χ2v) is 4.84. The van der Waals surface area contributed by atoms with Gasteiger partial charge < -0.3 is 10.1 Å². The molecule has 104 valence electrons. The Morgan fingerprint density at radius 2 is 2.00 bits per heavy atom. The first-order chi connectivity index (χ1) is 9.56. The number of hydrogen-bond donors (Lipinski definition) is 1. The van der Waals surface area contributed by atoms with Crippen molar-refractivity contribution >= 4 is 34.8 Å². The monoisotopic (exact) mass is 310 g/mol.